The lowest BCUT2D eigenvalue weighted by molar-refractivity contribution is 0.0916. The highest BCUT2D eigenvalue weighted by molar-refractivity contribution is 5.95. The molecule has 2 rings (SSSR count). The van der Waals surface area contributed by atoms with E-state index in [1.807, 2.05) is 6.07 Å². The van der Waals surface area contributed by atoms with Crippen LogP contribution in [0.15, 0.2) is 39.5 Å². The quantitative estimate of drug-likeness (QED) is 0.918. The summed E-state index contributed by atoms with van der Waals surface area (Å²) in [6.07, 6.45) is 0.988. The summed E-state index contributed by atoms with van der Waals surface area (Å²) in [6, 6.07) is 8.66. The molecule has 0 fully saturated rings. The maximum atomic E-state index is 11.9. The largest absolute Gasteiger partial charge is 0.417 e. The van der Waals surface area contributed by atoms with Gasteiger partial charge in [0, 0.05) is 6.54 Å². The topological polar surface area (TPSA) is 59.3 Å². The van der Waals surface area contributed by atoms with Gasteiger partial charge in [0.05, 0.1) is 5.39 Å². The smallest absolute Gasteiger partial charge is 0.344 e. The molecule has 0 aliphatic heterocycles. The fourth-order valence-corrected chi connectivity index (χ4v) is 1.74. The van der Waals surface area contributed by atoms with Crippen LogP contribution in [0, 0.1) is 5.92 Å². The Morgan fingerprint density at radius 2 is 2.11 bits per heavy atom. The van der Waals surface area contributed by atoms with Crippen molar-refractivity contribution in [2.24, 2.45) is 5.92 Å². The Hall–Kier alpha value is -2.10. The number of rotatable bonds is 4. The van der Waals surface area contributed by atoms with E-state index in [1.165, 1.54) is 0 Å². The van der Waals surface area contributed by atoms with E-state index in [4.69, 9.17) is 4.42 Å². The van der Waals surface area contributed by atoms with Gasteiger partial charge in [0.2, 0.25) is 0 Å². The number of carbonyl (C=O) groups is 1. The molecule has 2 aromatic rings. The molecule has 100 valence electrons. The van der Waals surface area contributed by atoms with Gasteiger partial charge in [-0.3, -0.25) is 4.79 Å². The Balaban J connectivity index is 2.25. The molecule has 1 aromatic carbocycles. The predicted molar refractivity (Wildman–Crippen MR) is 74.3 cm³/mol. The van der Waals surface area contributed by atoms with Gasteiger partial charge in [-0.2, -0.15) is 0 Å². The van der Waals surface area contributed by atoms with E-state index in [-0.39, 0.29) is 11.7 Å². The average molecular weight is 259 g/mol. The van der Waals surface area contributed by atoms with Crippen LogP contribution in [0.4, 0.5) is 0 Å². The van der Waals surface area contributed by atoms with Crippen molar-refractivity contribution in [2.45, 2.75) is 20.3 Å². The highest BCUT2D eigenvalue weighted by Crippen LogP contribution is 2.11. The molecule has 1 heterocycles. The van der Waals surface area contributed by atoms with E-state index in [0.29, 0.717) is 23.2 Å². The van der Waals surface area contributed by atoms with Crippen molar-refractivity contribution in [2.75, 3.05) is 6.54 Å². The molecule has 1 atom stereocenters. The Bertz CT molecular complexity index is 645. The number of hydrogen-bond acceptors (Lipinski definition) is 3. The molecule has 4 nitrogen and oxygen atoms in total. The fraction of sp³-hybridized carbons (Fsp3) is 0.333. The van der Waals surface area contributed by atoms with Gasteiger partial charge in [0.1, 0.15) is 0 Å². The van der Waals surface area contributed by atoms with Crippen molar-refractivity contribution in [3.63, 3.8) is 0 Å². The van der Waals surface area contributed by atoms with Gasteiger partial charge in [0.25, 0.3) is 5.91 Å². The number of hydrogen-bond donors (Lipinski definition) is 1. The monoisotopic (exact) mass is 259 g/mol. The first-order valence-electron chi connectivity index (χ1n) is 6.43. The number of benzene rings is 1. The van der Waals surface area contributed by atoms with Crippen molar-refractivity contribution in [1.29, 1.82) is 0 Å². The third-order valence-electron chi connectivity index (χ3n) is 3.20. The van der Waals surface area contributed by atoms with E-state index in [0.717, 1.165) is 6.42 Å². The van der Waals surface area contributed by atoms with Gasteiger partial charge >= 0.3 is 5.63 Å². The van der Waals surface area contributed by atoms with Gasteiger partial charge < -0.3 is 9.73 Å². The van der Waals surface area contributed by atoms with Crippen molar-refractivity contribution in [3.8, 4) is 0 Å². The van der Waals surface area contributed by atoms with Crippen LogP contribution in [0.1, 0.15) is 30.8 Å². The van der Waals surface area contributed by atoms with Crippen molar-refractivity contribution in [3.05, 3.63) is 46.5 Å². The minimum absolute atomic E-state index is 0.0620. The third kappa shape index (κ3) is 3.02. The molecular weight excluding hydrogens is 242 g/mol. The van der Waals surface area contributed by atoms with E-state index in [9.17, 15) is 9.59 Å². The summed E-state index contributed by atoms with van der Waals surface area (Å²) < 4.78 is 5.05. The third-order valence-corrected chi connectivity index (χ3v) is 3.20. The molecule has 1 unspecified atom stereocenters. The Morgan fingerprint density at radius 3 is 2.84 bits per heavy atom. The summed E-state index contributed by atoms with van der Waals surface area (Å²) in [5, 5.41) is 3.97. The van der Waals surface area contributed by atoms with Crippen molar-refractivity contribution in [1.82, 2.24) is 5.32 Å². The fourth-order valence-electron chi connectivity index (χ4n) is 1.74. The molecule has 0 spiro atoms. The molecule has 0 aliphatic carbocycles. The van der Waals surface area contributed by atoms with Gasteiger partial charge in [-0.15, -0.1) is 0 Å². The Kier molecular flexibility index (Phi) is 4.00. The van der Waals surface area contributed by atoms with Crippen LogP contribution in [0.25, 0.3) is 10.8 Å². The first-order chi connectivity index (χ1) is 9.11. The Labute approximate surface area is 111 Å². The second kappa shape index (κ2) is 5.69. The average Bonchev–Trinajstić information content (AvgIpc) is 2.44. The zero-order valence-electron chi connectivity index (χ0n) is 11.1. The lowest BCUT2D eigenvalue weighted by Crippen LogP contribution is -2.28. The molecule has 1 aromatic heterocycles. The molecule has 0 saturated carbocycles. The lowest BCUT2D eigenvalue weighted by atomic mass is 10.1. The highest BCUT2D eigenvalue weighted by Gasteiger charge is 2.12. The summed E-state index contributed by atoms with van der Waals surface area (Å²) in [5.74, 6) is 0.117. The van der Waals surface area contributed by atoms with Gasteiger partial charge in [0.15, 0.2) is 5.76 Å². The van der Waals surface area contributed by atoms with Crippen LogP contribution in [0.5, 0.6) is 0 Å². The van der Waals surface area contributed by atoms with Gasteiger partial charge in [-0.25, -0.2) is 4.79 Å². The Morgan fingerprint density at radius 1 is 1.37 bits per heavy atom. The van der Waals surface area contributed by atoms with Crippen molar-refractivity contribution >= 4 is 16.7 Å². The first kappa shape index (κ1) is 13.3. The minimum Gasteiger partial charge on any atom is -0.417 e. The summed E-state index contributed by atoms with van der Waals surface area (Å²) >= 11 is 0. The van der Waals surface area contributed by atoms with Crippen LogP contribution in [-0.2, 0) is 0 Å². The standard InChI is InChI=1S/C15H17NO3/c1-3-10(2)9-16-14(17)13-8-11-6-4-5-7-12(11)15(18)19-13/h4-8,10H,3,9H2,1-2H3,(H,16,17). The summed E-state index contributed by atoms with van der Waals surface area (Å²) in [4.78, 5) is 23.7. The van der Waals surface area contributed by atoms with E-state index < -0.39 is 5.63 Å². The molecule has 1 amide bonds. The number of fused-ring (bicyclic) bond motifs is 1. The molecule has 0 radical (unpaired) electrons. The summed E-state index contributed by atoms with van der Waals surface area (Å²) in [6.45, 7) is 4.69. The summed E-state index contributed by atoms with van der Waals surface area (Å²) in [5.41, 5.74) is -0.480. The predicted octanol–water partition coefficient (Wildman–Crippen LogP) is 2.57. The molecule has 1 N–H and O–H groups in total. The molecule has 0 bridgehead atoms. The lowest BCUT2D eigenvalue weighted by Gasteiger charge is -2.09. The second-order valence-electron chi connectivity index (χ2n) is 4.71. The van der Waals surface area contributed by atoms with Gasteiger partial charge in [-0.05, 0) is 23.4 Å². The number of nitrogens with one attached hydrogen (secondary N) is 1. The van der Waals surface area contributed by atoms with Crippen LogP contribution in [0.3, 0.4) is 0 Å². The second-order valence-corrected chi connectivity index (χ2v) is 4.71. The van der Waals surface area contributed by atoms with Crippen LogP contribution in [-0.4, -0.2) is 12.5 Å². The van der Waals surface area contributed by atoms with E-state index in [2.05, 4.69) is 19.2 Å². The zero-order chi connectivity index (χ0) is 13.8. The van der Waals surface area contributed by atoms with E-state index in [1.54, 1.807) is 24.3 Å². The SMILES string of the molecule is CCC(C)CNC(=O)c1cc2ccccc2c(=O)o1. The normalized spacial score (nSPS) is 12.3. The maximum absolute atomic E-state index is 11.9. The van der Waals surface area contributed by atoms with Gasteiger partial charge in [-0.1, -0.05) is 38.5 Å². The maximum Gasteiger partial charge on any atom is 0.344 e. The molecule has 19 heavy (non-hydrogen) atoms. The van der Waals surface area contributed by atoms with E-state index >= 15 is 0 Å². The van der Waals surface area contributed by atoms with Crippen LogP contribution in [0.2, 0.25) is 0 Å². The van der Waals surface area contributed by atoms with Crippen LogP contribution >= 0.6 is 0 Å². The molecule has 4 heteroatoms. The summed E-state index contributed by atoms with van der Waals surface area (Å²) in [7, 11) is 0. The number of carbonyl (C=O) groups excluding carboxylic acids is 1. The molecular formula is C15H17NO3. The van der Waals surface area contributed by atoms with Crippen molar-refractivity contribution < 1.29 is 9.21 Å². The highest BCUT2D eigenvalue weighted by atomic mass is 16.4. The molecule has 0 aliphatic rings. The number of amides is 1. The minimum atomic E-state index is -0.480. The van der Waals surface area contributed by atoms with Crippen LogP contribution < -0.4 is 10.9 Å². The first-order valence-corrected chi connectivity index (χ1v) is 6.43. The molecule has 0 saturated heterocycles. The zero-order valence-corrected chi connectivity index (χ0v) is 11.1.